The standard InChI is InChI=1S/C13H18ClNO2/c1-3-11(16)6-7-15-13(17)12-8-10(14)5-4-9(12)2/h4-5,8,11,16H,3,6-7H2,1-2H3,(H,15,17). The lowest BCUT2D eigenvalue weighted by Gasteiger charge is -2.10. The van der Waals surface area contributed by atoms with Crippen LogP contribution in [0.2, 0.25) is 5.02 Å². The van der Waals surface area contributed by atoms with E-state index in [0.717, 1.165) is 5.56 Å². The maximum Gasteiger partial charge on any atom is 0.251 e. The molecule has 0 saturated heterocycles. The summed E-state index contributed by atoms with van der Waals surface area (Å²) >= 11 is 5.85. The lowest BCUT2D eigenvalue weighted by Crippen LogP contribution is -2.27. The van der Waals surface area contributed by atoms with E-state index >= 15 is 0 Å². The molecule has 0 radical (unpaired) electrons. The van der Waals surface area contributed by atoms with Crippen LogP contribution in [0.4, 0.5) is 0 Å². The molecule has 1 aromatic rings. The van der Waals surface area contributed by atoms with Crippen molar-refractivity contribution in [1.29, 1.82) is 0 Å². The first-order chi connectivity index (χ1) is 8.04. The molecule has 0 bridgehead atoms. The van der Waals surface area contributed by atoms with Crippen LogP contribution in [0, 0.1) is 6.92 Å². The van der Waals surface area contributed by atoms with Gasteiger partial charge in [-0.15, -0.1) is 0 Å². The molecule has 2 N–H and O–H groups in total. The van der Waals surface area contributed by atoms with Crippen LogP contribution in [0.25, 0.3) is 0 Å². The summed E-state index contributed by atoms with van der Waals surface area (Å²) in [7, 11) is 0. The number of aliphatic hydroxyl groups excluding tert-OH is 1. The number of benzene rings is 1. The summed E-state index contributed by atoms with van der Waals surface area (Å²) in [5, 5.41) is 12.7. The van der Waals surface area contributed by atoms with Gasteiger partial charge in [0.1, 0.15) is 0 Å². The van der Waals surface area contributed by atoms with Crippen LogP contribution in [0.1, 0.15) is 35.7 Å². The Morgan fingerprint density at radius 2 is 2.24 bits per heavy atom. The molecule has 1 unspecified atom stereocenters. The maximum atomic E-state index is 11.8. The van der Waals surface area contributed by atoms with Gasteiger partial charge >= 0.3 is 0 Å². The quantitative estimate of drug-likeness (QED) is 0.850. The molecule has 1 amide bonds. The van der Waals surface area contributed by atoms with Gasteiger partial charge in [-0.1, -0.05) is 24.6 Å². The normalized spacial score (nSPS) is 12.2. The lowest BCUT2D eigenvalue weighted by atomic mass is 10.1. The summed E-state index contributed by atoms with van der Waals surface area (Å²) in [6.07, 6.45) is 0.921. The molecule has 0 aliphatic rings. The number of carbonyl (C=O) groups excluding carboxylic acids is 1. The molecule has 17 heavy (non-hydrogen) atoms. The number of aryl methyl sites for hydroxylation is 1. The second-order valence-corrected chi connectivity index (χ2v) is 4.50. The van der Waals surface area contributed by atoms with Gasteiger partial charge < -0.3 is 10.4 Å². The zero-order valence-corrected chi connectivity index (χ0v) is 10.9. The second-order valence-electron chi connectivity index (χ2n) is 4.07. The van der Waals surface area contributed by atoms with Gasteiger partial charge in [-0.25, -0.2) is 0 Å². The van der Waals surface area contributed by atoms with E-state index in [9.17, 15) is 9.90 Å². The van der Waals surface area contributed by atoms with Crippen molar-refractivity contribution in [2.75, 3.05) is 6.54 Å². The predicted molar refractivity (Wildman–Crippen MR) is 69.4 cm³/mol. The van der Waals surface area contributed by atoms with Crippen LogP contribution < -0.4 is 5.32 Å². The fourth-order valence-corrected chi connectivity index (χ4v) is 1.66. The summed E-state index contributed by atoms with van der Waals surface area (Å²) in [6.45, 7) is 4.25. The molecule has 0 aliphatic carbocycles. The number of amides is 1. The minimum absolute atomic E-state index is 0.145. The molecule has 3 nitrogen and oxygen atoms in total. The smallest absolute Gasteiger partial charge is 0.251 e. The monoisotopic (exact) mass is 255 g/mol. The number of rotatable bonds is 5. The van der Waals surface area contributed by atoms with Gasteiger partial charge in [0.25, 0.3) is 5.91 Å². The summed E-state index contributed by atoms with van der Waals surface area (Å²) in [4.78, 5) is 11.8. The predicted octanol–water partition coefficient (Wildman–Crippen LogP) is 2.54. The molecule has 0 fully saturated rings. The highest BCUT2D eigenvalue weighted by molar-refractivity contribution is 6.31. The Morgan fingerprint density at radius 3 is 2.88 bits per heavy atom. The average Bonchev–Trinajstić information content (AvgIpc) is 2.31. The highest BCUT2D eigenvalue weighted by Crippen LogP contribution is 2.15. The lowest BCUT2D eigenvalue weighted by molar-refractivity contribution is 0.0941. The van der Waals surface area contributed by atoms with E-state index in [1.54, 1.807) is 12.1 Å². The number of aliphatic hydroxyl groups is 1. The van der Waals surface area contributed by atoms with Crippen molar-refractivity contribution in [2.24, 2.45) is 0 Å². The number of halogens is 1. The van der Waals surface area contributed by atoms with E-state index in [2.05, 4.69) is 5.32 Å². The van der Waals surface area contributed by atoms with E-state index in [-0.39, 0.29) is 12.0 Å². The van der Waals surface area contributed by atoms with Crippen LogP contribution >= 0.6 is 11.6 Å². The van der Waals surface area contributed by atoms with Crippen LogP contribution in [-0.4, -0.2) is 23.7 Å². The zero-order chi connectivity index (χ0) is 12.8. The minimum atomic E-state index is -0.351. The third-order valence-electron chi connectivity index (χ3n) is 2.68. The fraction of sp³-hybridized carbons (Fsp3) is 0.462. The Balaban J connectivity index is 2.55. The van der Waals surface area contributed by atoms with Crippen LogP contribution in [0.15, 0.2) is 18.2 Å². The Hall–Kier alpha value is -1.06. The SMILES string of the molecule is CCC(O)CCNC(=O)c1cc(Cl)ccc1C. The van der Waals surface area contributed by atoms with Gasteiger partial charge in [0.15, 0.2) is 0 Å². The Kier molecular flexibility index (Phi) is 5.45. The number of nitrogens with one attached hydrogen (secondary N) is 1. The largest absolute Gasteiger partial charge is 0.393 e. The highest BCUT2D eigenvalue weighted by Gasteiger charge is 2.09. The van der Waals surface area contributed by atoms with E-state index < -0.39 is 0 Å². The first kappa shape index (κ1) is 14.0. The Labute approximate surface area is 107 Å². The second kappa shape index (κ2) is 6.62. The van der Waals surface area contributed by atoms with Gasteiger partial charge in [-0.3, -0.25) is 4.79 Å². The van der Waals surface area contributed by atoms with Crippen molar-refractivity contribution in [3.63, 3.8) is 0 Å². The maximum absolute atomic E-state index is 11.8. The van der Waals surface area contributed by atoms with Crippen LogP contribution in [-0.2, 0) is 0 Å². The third-order valence-corrected chi connectivity index (χ3v) is 2.91. The molecule has 94 valence electrons. The van der Waals surface area contributed by atoms with Crippen molar-refractivity contribution in [2.45, 2.75) is 32.8 Å². The van der Waals surface area contributed by atoms with Gasteiger partial charge in [-0.05, 0) is 37.5 Å². The Bertz CT molecular complexity index is 393. The summed E-state index contributed by atoms with van der Waals surface area (Å²) in [6, 6.07) is 5.23. The molecule has 1 atom stereocenters. The Morgan fingerprint density at radius 1 is 1.53 bits per heavy atom. The van der Waals surface area contributed by atoms with Crippen molar-refractivity contribution in [3.8, 4) is 0 Å². The molecular formula is C13H18ClNO2. The van der Waals surface area contributed by atoms with Crippen molar-refractivity contribution in [1.82, 2.24) is 5.32 Å². The van der Waals surface area contributed by atoms with Gasteiger partial charge in [-0.2, -0.15) is 0 Å². The van der Waals surface area contributed by atoms with Gasteiger partial charge in [0, 0.05) is 17.1 Å². The van der Waals surface area contributed by atoms with Crippen molar-refractivity contribution >= 4 is 17.5 Å². The molecule has 0 aromatic heterocycles. The number of hydrogen-bond donors (Lipinski definition) is 2. The van der Waals surface area contributed by atoms with Gasteiger partial charge in [0.2, 0.25) is 0 Å². The minimum Gasteiger partial charge on any atom is -0.393 e. The van der Waals surface area contributed by atoms with Crippen molar-refractivity contribution in [3.05, 3.63) is 34.3 Å². The first-order valence-electron chi connectivity index (χ1n) is 5.77. The molecule has 1 rings (SSSR count). The highest BCUT2D eigenvalue weighted by atomic mass is 35.5. The molecule has 0 aliphatic heterocycles. The molecule has 0 saturated carbocycles. The molecule has 4 heteroatoms. The topological polar surface area (TPSA) is 49.3 Å². The van der Waals surface area contributed by atoms with E-state index in [1.165, 1.54) is 0 Å². The third kappa shape index (κ3) is 4.36. The molecular weight excluding hydrogens is 238 g/mol. The van der Waals surface area contributed by atoms with E-state index in [1.807, 2.05) is 19.9 Å². The molecule has 0 spiro atoms. The first-order valence-corrected chi connectivity index (χ1v) is 6.14. The molecule has 0 heterocycles. The van der Waals surface area contributed by atoms with Gasteiger partial charge in [0.05, 0.1) is 6.10 Å². The van der Waals surface area contributed by atoms with Crippen LogP contribution in [0.3, 0.4) is 0 Å². The fourth-order valence-electron chi connectivity index (χ4n) is 1.49. The average molecular weight is 256 g/mol. The van der Waals surface area contributed by atoms with Crippen molar-refractivity contribution < 1.29 is 9.90 Å². The van der Waals surface area contributed by atoms with E-state index in [0.29, 0.717) is 30.0 Å². The van der Waals surface area contributed by atoms with Crippen LogP contribution in [0.5, 0.6) is 0 Å². The number of hydrogen-bond acceptors (Lipinski definition) is 2. The number of carbonyl (C=O) groups is 1. The summed E-state index contributed by atoms with van der Waals surface area (Å²) in [5.74, 6) is -0.145. The van der Waals surface area contributed by atoms with E-state index in [4.69, 9.17) is 11.6 Å². The summed E-state index contributed by atoms with van der Waals surface area (Å²) in [5.41, 5.74) is 1.48. The summed E-state index contributed by atoms with van der Waals surface area (Å²) < 4.78 is 0. The molecule has 1 aromatic carbocycles. The zero-order valence-electron chi connectivity index (χ0n) is 10.2.